The fraction of sp³-hybridized carbons (Fsp3) is 0.348. The van der Waals surface area contributed by atoms with Crippen molar-refractivity contribution in [3.05, 3.63) is 59.7 Å². The zero-order valence-electron chi connectivity index (χ0n) is 17.1. The Bertz CT molecular complexity index is 946. The molecule has 0 bridgehead atoms. The van der Waals surface area contributed by atoms with Gasteiger partial charge in [-0.3, -0.25) is 9.59 Å². The molecule has 0 spiro atoms. The van der Waals surface area contributed by atoms with E-state index in [2.05, 4.69) is 31.4 Å². The Morgan fingerprint density at radius 1 is 0.931 bits per heavy atom. The smallest absolute Gasteiger partial charge is 0.337 e. The molecule has 0 radical (unpaired) electrons. The van der Waals surface area contributed by atoms with Gasteiger partial charge in [-0.25, -0.2) is 4.79 Å². The number of ether oxygens (including phenoxy) is 1. The first-order chi connectivity index (χ1) is 13.7. The number of para-hydroxylation sites is 1. The van der Waals surface area contributed by atoms with Gasteiger partial charge in [-0.15, -0.1) is 0 Å². The second-order valence-electron chi connectivity index (χ2n) is 8.30. The summed E-state index contributed by atoms with van der Waals surface area (Å²) in [4.78, 5) is 36.8. The highest BCUT2D eigenvalue weighted by atomic mass is 16.5. The summed E-state index contributed by atoms with van der Waals surface area (Å²) in [6.45, 7) is 6.27. The Labute approximate surface area is 170 Å². The van der Waals surface area contributed by atoms with Gasteiger partial charge in [0.2, 0.25) is 11.8 Å². The molecule has 2 unspecified atom stereocenters. The van der Waals surface area contributed by atoms with Gasteiger partial charge < -0.3 is 15.4 Å². The molecule has 152 valence electrons. The minimum Gasteiger partial charge on any atom is -0.465 e. The number of methoxy groups -OCH3 is 1. The van der Waals surface area contributed by atoms with Gasteiger partial charge in [0.1, 0.15) is 0 Å². The van der Waals surface area contributed by atoms with E-state index in [-0.39, 0.29) is 29.1 Å². The third-order valence-corrected chi connectivity index (χ3v) is 5.01. The number of hydrogen-bond acceptors (Lipinski definition) is 4. The second-order valence-corrected chi connectivity index (χ2v) is 8.30. The van der Waals surface area contributed by atoms with E-state index in [0.717, 1.165) is 11.3 Å². The topological polar surface area (TPSA) is 84.5 Å². The molecule has 6 nitrogen and oxygen atoms in total. The van der Waals surface area contributed by atoms with E-state index in [1.807, 2.05) is 24.3 Å². The van der Waals surface area contributed by atoms with Crippen molar-refractivity contribution in [3.8, 4) is 0 Å². The minimum atomic E-state index is -0.470. The lowest BCUT2D eigenvalue weighted by Gasteiger charge is -2.23. The SMILES string of the molecule is COC(=O)c1cccc(NC(=O)C2CC2C(=O)Nc2ccccc2C(C)(C)C)c1. The van der Waals surface area contributed by atoms with Crippen molar-refractivity contribution in [1.29, 1.82) is 0 Å². The number of esters is 1. The summed E-state index contributed by atoms with van der Waals surface area (Å²) in [7, 11) is 1.30. The van der Waals surface area contributed by atoms with Crippen LogP contribution in [-0.4, -0.2) is 24.9 Å². The maximum atomic E-state index is 12.7. The Balaban J connectivity index is 1.62. The van der Waals surface area contributed by atoms with Gasteiger partial charge in [0, 0.05) is 11.4 Å². The van der Waals surface area contributed by atoms with E-state index >= 15 is 0 Å². The van der Waals surface area contributed by atoms with Gasteiger partial charge in [0.05, 0.1) is 24.5 Å². The Morgan fingerprint density at radius 2 is 1.59 bits per heavy atom. The van der Waals surface area contributed by atoms with Gasteiger partial charge in [-0.05, 0) is 41.7 Å². The molecule has 2 atom stereocenters. The van der Waals surface area contributed by atoms with Gasteiger partial charge >= 0.3 is 5.97 Å². The standard InChI is InChI=1S/C23H26N2O4/c1-23(2,3)18-10-5-6-11-19(18)25-21(27)17-13-16(17)20(26)24-15-9-7-8-14(12-15)22(28)29-4/h5-12,16-17H,13H2,1-4H3,(H,24,26)(H,25,27). The van der Waals surface area contributed by atoms with E-state index in [1.165, 1.54) is 7.11 Å². The Kier molecular flexibility index (Phi) is 5.73. The number of rotatable bonds is 5. The third kappa shape index (κ3) is 4.83. The molecule has 2 N–H and O–H groups in total. The molecule has 1 fully saturated rings. The lowest BCUT2D eigenvalue weighted by atomic mass is 9.86. The summed E-state index contributed by atoms with van der Waals surface area (Å²) in [5.41, 5.74) is 2.59. The van der Waals surface area contributed by atoms with Crippen LogP contribution in [0.25, 0.3) is 0 Å². The highest BCUT2D eigenvalue weighted by Crippen LogP contribution is 2.41. The summed E-state index contributed by atoms with van der Waals surface area (Å²) < 4.78 is 4.69. The lowest BCUT2D eigenvalue weighted by molar-refractivity contribution is -0.122. The molecule has 0 heterocycles. The van der Waals surface area contributed by atoms with Crippen molar-refractivity contribution in [1.82, 2.24) is 0 Å². The first-order valence-corrected chi connectivity index (χ1v) is 9.60. The fourth-order valence-corrected chi connectivity index (χ4v) is 3.32. The van der Waals surface area contributed by atoms with E-state index in [9.17, 15) is 14.4 Å². The van der Waals surface area contributed by atoms with E-state index in [4.69, 9.17) is 4.74 Å². The van der Waals surface area contributed by atoms with Gasteiger partial charge in [0.25, 0.3) is 0 Å². The van der Waals surface area contributed by atoms with Crippen LogP contribution in [0.1, 0.15) is 43.1 Å². The highest BCUT2D eigenvalue weighted by molar-refractivity contribution is 6.04. The summed E-state index contributed by atoms with van der Waals surface area (Å²) in [6.07, 6.45) is 0.506. The minimum absolute atomic E-state index is 0.102. The van der Waals surface area contributed by atoms with Crippen molar-refractivity contribution in [2.24, 2.45) is 11.8 Å². The van der Waals surface area contributed by atoms with Crippen LogP contribution in [0.5, 0.6) is 0 Å². The van der Waals surface area contributed by atoms with Crippen LogP contribution in [0, 0.1) is 11.8 Å². The van der Waals surface area contributed by atoms with Crippen LogP contribution in [-0.2, 0) is 19.7 Å². The maximum absolute atomic E-state index is 12.7. The van der Waals surface area contributed by atoms with Crippen LogP contribution >= 0.6 is 0 Å². The van der Waals surface area contributed by atoms with Crippen molar-refractivity contribution in [2.75, 3.05) is 17.7 Å². The lowest BCUT2D eigenvalue weighted by Crippen LogP contribution is -2.22. The zero-order chi connectivity index (χ0) is 21.2. The number of carbonyl (C=O) groups excluding carboxylic acids is 3. The van der Waals surface area contributed by atoms with Crippen molar-refractivity contribution < 1.29 is 19.1 Å². The number of anilines is 2. The molecule has 0 aliphatic heterocycles. The summed E-state index contributed by atoms with van der Waals surface area (Å²) in [6, 6.07) is 14.3. The van der Waals surface area contributed by atoms with Crippen molar-refractivity contribution in [3.63, 3.8) is 0 Å². The monoisotopic (exact) mass is 394 g/mol. The van der Waals surface area contributed by atoms with Crippen LogP contribution in [0.2, 0.25) is 0 Å². The summed E-state index contributed by atoms with van der Waals surface area (Å²) in [5, 5.41) is 5.76. The quantitative estimate of drug-likeness (QED) is 0.751. The number of hydrogen-bond donors (Lipinski definition) is 2. The van der Waals surface area contributed by atoms with Gasteiger partial charge in [0.15, 0.2) is 0 Å². The van der Waals surface area contributed by atoms with Gasteiger partial charge in [-0.2, -0.15) is 0 Å². The number of nitrogens with one attached hydrogen (secondary N) is 2. The number of carbonyl (C=O) groups is 3. The molecular weight excluding hydrogens is 368 g/mol. The van der Waals surface area contributed by atoms with Crippen molar-refractivity contribution >= 4 is 29.2 Å². The molecular formula is C23H26N2O4. The number of benzene rings is 2. The van der Waals surface area contributed by atoms with E-state index in [0.29, 0.717) is 17.7 Å². The van der Waals surface area contributed by atoms with Gasteiger partial charge in [-0.1, -0.05) is 45.0 Å². The molecule has 6 heteroatoms. The summed E-state index contributed by atoms with van der Waals surface area (Å²) in [5.74, 6) is -1.57. The third-order valence-electron chi connectivity index (χ3n) is 5.01. The average Bonchev–Trinajstić information content (AvgIpc) is 3.48. The first kappa shape index (κ1) is 20.6. The zero-order valence-corrected chi connectivity index (χ0v) is 17.1. The largest absolute Gasteiger partial charge is 0.465 e. The molecule has 1 aliphatic carbocycles. The molecule has 1 saturated carbocycles. The average molecular weight is 394 g/mol. The Morgan fingerprint density at radius 3 is 2.24 bits per heavy atom. The van der Waals surface area contributed by atoms with E-state index in [1.54, 1.807) is 24.3 Å². The molecule has 2 aromatic rings. The molecule has 0 aromatic heterocycles. The predicted molar refractivity (Wildman–Crippen MR) is 112 cm³/mol. The maximum Gasteiger partial charge on any atom is 0.337 e. The normalized spacial score (nSPS) is 17.9. The van der Waals surface area contributed by atoms with Crippen LogP contribution in [0.4, 0.5) is 11.4 Å². The first-order valence-electron chi connectivity index (χ1n) is 9.60. The predicted octanol–water partition coefficient (Wildman–Crippen LogP) is 3.98. The van der Waals surface area contributed by atoms with Crippen LogP contribution in [0.15, 0.2) is 48.5 Å². The number of amides is 2. The van der Waals surface area contributed by atoms with E-state index < -0.39 is 5.97 Å². The van der Waals surface area contributed by atoms with Crippen molar-refractivity contribution in [2.45, 2.75) is 32.6 Å². The molecule has 29 heavy (non-hydrogen) atoms. The highest BCUT2D eigenvalue weighted by Gasteiger charge is 2.48. The molecule has 3 rings (SSSR count). The second kappa shape index (κ2) is 8.07. The molecule has 2 aromatic carbocycles. The molecule has 1 aliphatic rings. The fourth-order valence-electron chi connectivity index (χ4n) is 3.32. The molecule has 0 saturated heterocycles. The van der Waals surface area contributed by atoms with Crippen LogP contribution in [0.3, 0.4) is 0 Å². The Hall–Kier alpha value is -3.15. The van der Waals surface area contributed by atoms with Crippen LogP contribution < -0.4 is 10.6 Å². The molecule has 2 amide bonds. The summed E-state index contributed by atoms with van der Waals surface area (Å²) >= 11 is 0.